The van der Waals surface area contributed by atoms with Gasteiger partial charge in [-0.25, -0.2) is 4.39 Å². The Labute approximate surface area is 123 Å². The van der Waals surface area contributed by atoms with Crippen molar-refractivity contribution in [3.8, 4) is 0 Å². The quantitative estimate of drug-likeness (QED) is 0.696. The first-order chi connectivity index (χ1) is 10.2. The van der Waals surface area contributed by atoms with Crippen LogP contribution in [0.15, 0.2) is 42.5 Å². The number of hydrogen-bond donors (Lipinski definition) is 2. The molecule has 1 aliphatic heterocycles. The molecule has 1 aliphatic rings. The van der Waals surface area contributed by atoms with Crippen LogP contribution >= 0.6 is 0 Å². The Kier molecular flexibility index (Phi) is 2.82. The molecule has 2 nitrogen and oxygen atoms in total. The fraction of sp³-hybridized carbons (Fsp3) is 0.222. The number of fused-ring (bicyclic) bond motifs is 3. The van der Waals surface area contributed by atoms with E-state index in [2.05, 4.69) is 35.4 Å². The molecule has 4 rings (SSSR count). The largest absolute Gasteiger partial charge is 0.357 e. The van der Waals surface area contributed by atoms with Crippen LogP contribution in [0.2, 0.25) is 0 Å². The van der Waals surface area contributed by atoms with Gasteiger partial charge in [0.25, 0.3) is 0 Å². The Balaban J connectivity index is 1.92. The number of nitrogens with one attached hydrogen (secondary N) is 2. The van der Waals surface area contributed by atoms with Crippen molar-refractivity contribution in [3.63, 3.8) is 0 Å². The summed E-state index contributed by atoms with van der Waals surface area (Å²) in [7, 11) is 0. The lowest BCUT2D eigenvalue weighted by Crippen LogP contribution is -2.31. The van der Waals surface area contributed by atoms with Gasteiger partial charge >= 0.3 is 0 Å². The standard InChI is InChI=1S/C18H17FN2/c1-11-6-7-16-14(10-11)12-8-9-20-17(18(12)21-16)13-4-2-3-5-15(13)19/h2-7,10,17,20-21H,8-9H2,1H3. The molecule has 2 heterocycles. The number of benzene rings is 2. The Hall–Kier alpha value is -2.13. The van der Waals surface area contributed by atoms with E-state index in [1.807, 2.05) is 12.1 Å². The van der Waals surface area contributed by atoms with E-state index in [4.69, 9.17) is 0 Å². The molecule has 1 aromatic heterocycles. The lowest BCUT2D eigenvalue weighted by molar-refractivity contribution is 0.523. The van der Waals surface area contributed by atoms with Crippen LogP contribution < -0.4 is 5.32 Å². The smallest absolute Gasteiger partial charge is 0.128 e. The Morgan fingerprint density at radius 1 is 1.14 bits per heavy atom. The summed E-state index contributed by atoms with van der Waals surface area (Å²) < 4.78 is 14.1. The van der Waals surface area contributed by atoms with E-state index in [0.717, 1.165) is 24.2 Å². The van der Waals surface area contributed by atoms with Crippen LogP contribution in [-0.4, -0.2) is 11.5 Å². The van der Waals surface area contributed by atoms with Crippen LogP contribution in [-0.2, 0) is 6.42 Å². The highest BCUT2D eigenvalue weighted by Crippen LogP contribution is 2.34. The highest BCUT2D eigenvalue weighted by atomic mass is 19.1. The molecule has 1 atom stereocenters. The van der Waals surface area contributed by atoms with Crippen molar-refractivity contribution in [2.75, 3.05) is 6.54 Å². The second-order valence-corrected chi connectivity index (χ2v) is 5.72. The van der Waals surface area contributed by atoms with E-state index >= 15 is 0 Å². The second-order valence-electron chi connectivity index (χ2n) is 5.72. The van der Waals surface area contributed by atoms with Crippen LogP contribution in [0.25, 0.3) is 10.9 Å². The van der Waals surface area contributed by atoms with Crippen LogP contribution in [0, 0.1) is 12.7 Å². The van der Waals surface area contributed by atoms with Crippen molar-refractivity contribution in [2.24, 2.45) is 0 Å². The van der Waals surface area contributed by atoms with Crippen molar-refractivity contribution in [1.29, 1.82) is 0 Å². The fourth-order valence-corrected chi connectivity index (χ4v) is 3.32. The van der Waals surface area contributed by atoms with E-state index in [1.54, 1.807) is 6.07 Å². The summed E-state index contributed by atoms with van der Waals surface area (Å²) in [6.07, 6.45) is 0.976. The van der Waals surface area contributed by atoms with E-state index in [-0.39, 0.29) is 11.9 Å². The van der Waals surface area contributed by atoms with Crippen LogP contribution in [0.4, 0.5) is 4.39 Å². The number of halogens is 1. The van der Waals surface area contributed by atoms with Crippen LogP contribution in [0.3, 0.4) is 0 Å². The van der Waals surface area contributed by atoms with Crippen molar-refractivity contribution in [2.45, 2.75) is 19.4 Å². The normalized spacial score (nSPS) is 17.9. The monoisotopic (exact) mass is 280 g/mol. The summed E-state index contributed by atoms with van der Waals surface area (Å²) in [5.41, 5.74) is 5.52. The van der Waals surface area contributed by atoms with Gasteiger partial charge in [-0.2, -0.15) is 0 Å². The summed E-state index contributed by atoms with van der Waals surface area (Å²) in [4.78, 5) is 3.49. The first kappa shape index (κ1) is 12.6. The van der Waals surface area contributed by atoms with Gasteiger partial charge in [-0.05, 0) is 37.1 Å². The molecule has 1 unspecified atom stereocenters. The molecular formula is C18H17FN2. The molecule has 3 aromatic rings. The predicted octanol–water partition coefficient (Wildman–Crippen LogP) is 3.85. The first-order valence-corrected chi connectivity index (χ1v) is 7.33. The van der Waals surface area contributed by atoms with Crippen molar-refractivity contribution >= 4 is 10.9 Å². The summed E-state index contributed by atoms with van der Waals surface area (Å²) in [5.74, 6) is -0.155. The maximum atomic E-state index is 14.1. The number of rotatable bonds is 1. The molecule has 3 heteroatoms. The average molecular weight is 280 g/mol. The van der Waals surface area contributed by atoms with Gasteiger partial charge in [0.2, 0.25) is 0 Å². The minimum atomic E-state index is -0.155. The zero-order chi connectivity index (χ0) is 14.4. The van der Waals surface area contributed by atoms with Gasteiger partial charge in [0.05, 0.1) is 6.04 Å². The van der Waals surface area contributed by atoms with E-state index in [9.17, 15) is 4.39 Å². The Morgan fingerprint density at radius 3 is 2.86 bits per heavy atom. The van der Waals surface area contributed by atoms with Crippen LogP contribution in [0.1, 0.15) is 28.4 Å². The lowest BCUT2D eigenvalue weighted by Gasteiger charge is -2.25. The van der Waals surface area contributed by atoms with Crippen molar-refractivity contribution < 1.29 is 4.39 Å². The van der Waals surface area contributed by atoms with Gasteiger partial charge in [0.1, 0.15) is 5.82 Å². The average Bonchev–Trinajstić information content (AvgIpc) is 2.86. The molecule has 2 N–H and O–H groups in total. The van der Waals surface area contributed by atoms with E-state index < -0.39 is 0 Å². The fourth-order valence-electron chi connectivity index (χ4n) is 3.32. The van der Waals surface area contributed by atoms with Gasteiger partial charge in [0, 0.05) is 28.7 Å². The summed E-state index contributed by atoms with van der Waals surface area (Å²) in [5, 5.41) is 4.71. The molecule has 0 saturated heterocycles. The van der Waals surface area contributed by atoms with Crippen molar-refractivity contribution in [1.82, 2.24) is 10.3 Å². The van der Waals surface area contributed by atoms with Gasteiger partial charge in [-0.1, -0.05) is 29.8 Å². The molecule has 0 radical (unpaired) electrons. The molecule has 0 bridgehead atoms. The van der Waals surface area contributed by atoms with Crippen LogP contribution in [0.5, 0.6) is 0 Å². The highest BCUT2D eigenvalue weighted by molar-refractivity contribution is 5.86. The van der Waals surface area contributed by atoms with Crippen molar-refractivity contribution in [3.05, 3.63) is 70.7 Å². The predicted molar refractivity (Wildman–Crippen MR) is 83.0 cm³/mol. The van der Waals surface area contributed by atoms with Gasteiger partial charge in [-0.3, -0.25) is 0 Å². The maximum absolute atomic E-state index is 14.1. The Morgan fingerprint density at radius 2 is 2.00 bits per heavy atom. The lowest BCUT2D eigenvalue weighted by atomic mass is 9.94. The summed E-state index contributed by atoms with van der Waals surface area (Å²) in [6, 6.07) is 13.4. The topological polar surface area (TPSA) is 27.8 Å². The third-order valence-corrected chi connectivity index (χ3v) is 4.32. The minimum Gasteiger partial charge on any atom is -0.357 e. The summed E-state index contributed by atoms with van der Waals surface area (Å²) in [6.45, 7) is 2.97. The number of aromatic amines is 1. The molecule has 0 spiro atoms. The third kappa shape index (κ3) is 1.96. The number of H-pyrrole nitrogens is 1. The zero-order valence-corrected chi connectivity index (χ0v) is 11.9. The molecular weight excluding hydrogens is 263 g/mol. The maximum Gasteiger partial charge on any atom is 0.128 e. The van der Waals surface area contributed by atoms with Gasteiger partial charge in [-0.15, -0.1) is 0 Å². The van der Waals surface area contributed by atoms with Gasteiger partial charge in [0.15, 0.2) is 0 Å². The van der Waals surface area contributed by atoms with E-state index in [1.165, 1.54) is 22.6 Å². The third-order valence-electron chi connectivity index (χ3n) is 4.32. The molecule has 0 fully saturated rings. The number of hydrogen-bond acceptors (Lipinski definition) is 1. The molecule has 2 aromatic carbocycles. The van der Waals surface area contributed by atoms with Gasteiger partial charge < -0.3 is 10.3 Å². The SMILES string of the molecule is Cc1ccc2[nH]c3c(c2c1)CCNC3c1ccccc1F. The van der Waals surface area contributed by atoms with E-state index in [0.29, 0.717) is 5.56 Å². The first-order valence-electron chi connectivity index (χ1n) is 7.33. The highest BCUT2D eigenvalue weighted by Gasteiger charge is 2.26. The second kappa shape index (κ2) is 4.71. The molecule has 0 amide bonds. The summed E-state index contributed by atoms with van der Waals surface area (Å²) >= 11 is 0. The molecule has 0 aliphatic carbocycles. The number of aromatic nitrogens is 1. The minimum absolute atomic E-state index is 0.0948. The molecule has 21 heavy (non-hydrogen) atoms. The zero-order valence-electron chi connectivity index (χ0n) is 11.9. The molecule has 106 valence electrons. The Bertz CT molecular complexity index is 819. The number of aryl methyl sites for hydroxylation is 1. The molecule has 0 saturated carbocycles.